The second-order valence-electron chi connectivity index (χ2n) is 6.16. The zero-order chi connectivity index (χ0) is 16.9. The maximum atomic E-state index is 12.0. The van der Waals surface area contributed by atoms with Gasteiger partial charge in [0, 0.05) is 17.6 Å². The molecule has 6 nitrogen and oxygen atoms in total. The zero-order valence-corrected chi connectivity index (χ0v) is 13.9. The number of hydrogen-bond acceptors (Lipinski definition) is 5. The van der Waals surface area contributed by atoms with Crippen LogP contribution in [0.2, 0.25) is 0 Å². The molecule has 2 N–H and O–H groups in total. The van der Waals surface area contributed by atoms with E-state index in [1.807, 2.05) is 45.0 Å². The van der Waals surface area contributed by atoms with Crippen molar-refractivity contribution in [2.75, 3.05) is 12.4 Å². The molecule has 0 aliphatic carbocycles. The Kier molecular flexibility index (Phi) is 5.16. The summed E-state index contributed by atoms with van der Waals surface area (Å²) in [6, 6.07) is 7.75. The molecule has 0 aliphatic heterocycles. The molecule has 0 fully saturated rings. The topological polar surface area (TPSA) is 76.1 Å². The number of methoxy groups -OCH3 is 1. The Morgan fingerprint density at radius 3 is 2.52 bits per heavy atom. The summed E-state index contributed by atoms with van der Waals surface area (Å²) in [6.07, 6.45) is 3.01. The van der Waals surface area contributed by atoms with E-state index in [1.165, 1.54) is 6.20 Å². The summed E-state index contributed by atoms with van der Waals surface area (Å²) in [4.78, 5) is 20.4. The summed E-state index contributed by atoms with van der Waals surface area (Å²) in [5, 5.41) is 6.01. The molecule has 1 aromatic carbocycles. The van der Waals surface area contributed by atoms with Gasteiger partial charge in [-0.3, -0.25) is 4.79 Å². The van der Waals surface area contributed by atoms with Crippen LogP contribution in [0.3, 0.4) is 0 Å². The number of rotatable bonds is 5. The number of aromatic nitrogens is 2. The maximum absolute atomic E-state index is 12.0. The minimum Gasteiger partial charge on any atom is -0.496 e. The highest BCUT2D eigenvalue weighted by Crippen LogP contribution is 2.18. The molecule has 6 heteroatoms. The second kappa shape index (κ2) is 7.09. The van der Waals surface area contributed by atoms with Gasteiger partial charge in [0.1, 0.15) is 17.3 Å². The van der Waals surface area contributed by atoms with Crippen LogP contribution in [-0.4, -0.2) is 28.5 Å². The standard InChI is InChI=1S/C17H22N4O2/c1-17(2,3)21-16(22)13-10-20-15(11-18-13)19-9-12-7-5-6-8-14(12)23-4/h5-8,10-11H,9H2,1-4H3,(H,19,20)(H,21,22). The first-order valence-corrected chi connectivity index (χ1v) is 7.39. The van der Waals surface area contributed by atoms with E-state index in [-0.39, 0.29) is 11.4 Å². The molecular formula is C17H22N4O2. The molecule has 0 aliphatic rings. The molecule has 1 amide bonds. The first kappa shape index (κ1) is 16.7. The number of carbonyl (C=O) groups is 1. The van der Waals surface area contributed by atoms with E-state index in [4.69, 9.17) is 4.74 Å². The van der Waals surface area contributed by atoms with Gasteiger partial charge in [0.15, 0.2) is 0 Å². The van der Waals surface area contributed by atoms with Gasteiger partial charge in [-0.05, 0) is 26.8 Å². The number of para-hydroxylation sites is 1. The largest absolute Gasteiger partial charge is 0.496 e. The molecule has 1 aromatic heterocycles. The van der Waals surface area contributed by atoms with E-state index < -0.39 is 0 Å². The lowest BCUT2D eigenvalue weighted by Crippen LogP contribution is -2.40. The summed E-state index contributed by atoms with van der Waals surface area (Å²) in [6.45, 7) is 6.32. The first-order chi connectivity index (χ1) is 10.9. The smallest absolute Gasteiger partial charge is 0.271 e. The van der Waals surface area contributed by atoms with E-state index in [0.717, 1.165) is 11.3 Å². The average Bonchev–Trinajstić information content (AvgIpc) is 2.52. The average molecular weight is 314 g/mol. The van der Waals surface area contributed by atoms with Gasteiger partial charge in [-0.15, -0.1) is 0 Å². The van der Waals surface area contributed by atoms with Crippen molar-refractivity contribution in [1.29, 1.82) is 0 Å². The SMILES string of the molecule is COc1ccccc1CNc1cnc(C(=O)NC(C)(C)C)cn1. The van der Waals surface area contributed by atoms with Crippen molar-refractivity contribution >= 4 is 11.7 Å². The van der Waals surface area contributed by atoms with Crippen LogP contribution in [0.4, 0.5) is 5.82 Å². The van der Waals surface area contributed by atoms with Gasteiger partial charge in [-0.1, -0.05) is 18.2 Å². The third kappa shape index (κ3) is 4.95. The molecule has 0 spiro atoms. The lowest BCUT2D eigenvalue weighted by atomic mass is 10.1. The fourth-order valence-corrected chi connectivity index (χ4v) is 1.98. The third-order valence-corrected chi connectivity index (χ3v) is 3.03. The van der Waals surface area contributed by atoms with Crippen molar-refractivity contribution in [3.63, 3.8) is 0 Å². The summed E-state index contributed by atoms with van der Waals surface area (Å²) in [5.74, 6) is 1.18. The third-order valence-electron chi connectivity index (χ3n) is 3.03. The molecule has 2 aromatic rings. The predicted molar refractivity (Wildman–Crippen MR) is 89.6 cm³/mol. The molecule has 0 unspecified atom stereocenters. The highest BCUT2D eigenvalue weighted by atomic mass is 16.5. The molecule has 0 atom stereocenters. The van der Waals surface area contributed by atoms with Crippen molar-refractivity contribution in [2.45, 2.75) is 32.9 Å². The Morgan fingerprint density at radius 2 is 1.91 bits per heavy atom. The van der Waals surface area contributed by atoms with Crippen molar-refractivity contribution in [2.24, 2.45) is 0 Å². The Bertz CT molecular complexity index is 663. The minimum absolute atomic E-state index is 0.235. The van der Waals surface area contributed by atoms with Gasteiger partial charge in [-0.25, -0.2) is 9.97 Å². The fourth-order valence-electron chi connectivity index (χ4n) is 1.98. The monoisotopic (exact) mass is 314 g/mol. The van der Waals surface area contributed by atoms with Crippen molar-refractivity contribution in [1.82, 2.24) is 15.3 Å². The van der Waals surface area contributed by atoms with Crippen LogP contribution in [-0.2, 0) is 6.54 Å². The van der Waals surface area contributed by atoms with Crippen molar-refractivity contribution < 1.29 is 9.53 Å². The fraction of sp³-hybridized carbons (Fsp3) is 0.353. The van der Waals surface area contributed by atoms with Gasteiger partial charge in [0.05, 0.1) is 19.5 Å². The number of amides is 1. The number of benzene rings is 1. The molecular weight excluding hydrogens is 292 g/mol. The summed E-state index contributed by atoms with van der Waals surface area (Å²) < 4.78 is 5.30. The quantitative estimate of drug-likeness (QED) is 0.887. The zero-order valence-electron chi connectivity index (χ0n) is 13.9. The number of ether oxygens (including phenoxy) is 1. The lowest BCUT2D eigenvalue weighted by Gasteiger charge is -2.19. The van der Waals surface area contributed by atoms with Gasteiger partial charge in [0.25, 0.3) is 5.91 Å². The van der Waals surface area contributed by atoms with Gasteiger partial charge >= 0.3 is 0 Å². The molecule has 0 radical (unpaired) electrons. The van der Waals surface area contributed by atoms with Crippen LogP contribution in [0, 0.1) is 0 Å². The van der Waals surface area contributed by atoms with E-state index in [0.29, 0.717) is 18.1 Å². The van der Waals surface area contributed by atoms with Crippen LogP contribution in [0.1, 0.15) is 36.8 Å². The van der Waals surface area contributed by atoms with Gasteiger partial charge in [-0.2, -0.15) is 0 Å². The second-order valence-corrected chi connectivity index (χ2v) is 6.16. The highest BCUT2D eigenvalue weighted by Gasteiger charge is 2.16. The molecule has 0 saturated heterocycles. The minimum atomic E-state index is -0.306. The molecule has 0 saturated carbocycles. The number of anilines is 1. The predicted octanol–water partition coefficient (Wildman–Crippen LogP) is 2.63. The number of nitrogens with zero attached hydrogens (tertiary/aromatic N) is 2. The first-order valence-electron chi connectivity index (χ1n) is 7.39. The summed E-state index contributed by atoms with van der Waals surface area (Å²) in [5.41, 5.74) is 1.01. The molecule has 122 valence electrons. The summed E-state index contributed by atoms with van der Waals surface area (Å²) in [7, 11) is 1.64. The lowest BCUT2D eigenvalue weighted by molar-refractivity contribution is 0.0914. The van der Waals surface area contributed by atoms with E-state index in [9.17, 15) is 4.79 Å². The Balaban J connectivity index is 1.99. The molecule has 0 bridgehead atoms. The number of nitrogens with one attached hydrogen (secondary N) is 2. The van der Waals surface area contributed by atoms with Crippen LogP contribution in [0.25, 0.3) is 0 Å². The Morgan fingerprint density at radius 1 is 1.17 bits per heavy atom. The van der Waals surface area contributed by atoms with Gasteiger partial charge in [0.2, 0.25) is 0 Å². The molecule has 2 rings (SSSR count). The molecule has 23 heavy (non-hydrogen) atoms. The van der Waals surface area contributed by atoms with Crippen LogP contribution in [0.15, 0.2) is 36.7 Å². The van der Waals surface area contributed by atoms with E-state index >= 15 is 0 Å². The van der Waals surface area contributed by atoms with Crippen molar-refractivity contribution in [3.05, 3.63) is 47.9 Å². The highest BCUT2D eigenvalue weighted by molar-refractivity contribution is 5.92. The van der Waals surface area contributed by atoms with E-state index in [1.54, 1.807) is 13.3 Å². The van der Waals surface area contributed by atoms with Crippen LogP contribution < -0.4 is 15.4 Å². The van der Waals surface area contributed by atoms with Crippen LogP contribution in [0.5, 0.6) is 5.75 Å². The number of hydrogen-bond donors (Lipinski definition) is 2. The number of carbonyl (C=O) groups excluding carboxylic acids is 1. The normalized spacial score (nSPS) is 11.0. The Labute approximate surface area is 136 Å². The van der Waals surface area contributed by atoms with Crippen molar-refractivity contribution in [3.8, 4) is 5.75 Å². The molecule has 1 heterocycles. The summed E-state index contributed by atoms with van der Waals surface area (Å²) >= 11 is 0. The van der Waals surface area contributed by atoms with E-state index in [2.05, 4.69) is 20.6 Å². The van der Waals surface area contributed by atoms with Crippen LogP contribution >= 0.6 is 0 Å². The Hall–Kier alpha value is -2.63. The maximum Gasteiger partial charge on any atom is 0.271 e. The van der Waals surface area contributed by atoms with Gasteiger partial charge < -0.3 is 15.4 Å².